The molecule has 1 aromatic heterocycles. The molecular weight excluding hydrogens is 256 g/mol. The van der Waals surface area contributed by atoms with Crippen molar-refractivity contribution >= 4 is 16.6 Å². The molecule has 0 aliphatic rings. The van der Waals surface area contributed by atoms with Crippen LogP contribution in [-0.2, 0) is 0 Å². The van der Waals surface area contributed by atoms with Crippen molar-refractivity contribution in [3.63, 3.8) is 0 Å². The molecule has 0 amide bonds. The summed E-state index contributed by atoms with van der Waals surface area (Å²) in [6.45, 7) is 3.62. The number of aromatic nitrogens is 1. The summed E-state index contributed by atoms with van der Waals surface area (Å²) in [6.07, 6.45) is 1.65. The molecule has 0 bridgehead atoms. The van der Waals surface area contributed by atoms with Crippen molar-refractivity contribution in [3.05, 3.63) is 57.0 Å². The fraction of sp³-hybridized carbons (Fsp3) is 0.200. The van der Waals surface area contributed by atoms with Gasteiger partial charge in [-0.15, -0.1) is 0 Å². The summed E-state index contributed by atoms with van der Waals surface area (Å²) in [5.41, 5.74) is 2.96. The number of anilines is 1. The Hall–Kier alpha value is -2.56. The highest BCUT2D eigenvalue weighted by molar-refractivity contribution is 5.81. The van der Waals surface area contributed by atoms with Gasteiger partial charge in [0, 0.05) is 11.6 Å². The molecule has 3 aromatic rings. The van der Waals surface area contributed by atoms with Gasteiger partial charge in [0.2, 0.25) is 0 Å². The molecule has 0 fully saturated rings. The highest BCUT2D eigenvalue weighted by atomic mass is 16.5. The topological polar surface area (TPSA) is 60.3 Å². The van der Waals surface area contributed by atoms with E-state index in [4.69, 9.17) is 4.74 Å². The van der Waals surface area contributed by atoms with Crippen LogP contribution in [-0.4, -0.2) is 10.8 Å². The molecule has 1 heterocycles. The van der Waals surface area contributed by atoms with Gasteiger partial charge in [-0.25, -0.2) is 0 Å². The first-order chi connectivity index (χ1) is 9.58. The van der Waals surface area contributed by atoms with E-state index in [1.54, 1.807) is 10.9 Å². The van der Waals surface area contributed by atoms with Crippen molar-refractivity contribution in [3.8, 4) is 5.75 Å². The van der Waals surface area contributed by atoms with Gasteiger partial charge in [-0.2, -0.15) is 0 Å². The Morgan fingerprint density at radius 1 is 1.10 bits per heavy atom. The summed E-state index contributed by atoms with van der Waals surface area (Å²) in [7, 11) is 0. The van der Waals surface area contributed by atoms with Crippen LogP contribution in [0, 0.1) is 0 Å². The largest absolute Gasteiger partial charge is 0.485 e. The zero-order valence-electron chi connectivity index (χ0n) is 11.2. The van der Waals surface area contributed by atoms with Gasteiger partial charge in [0.25, 0.3) is 10.9 Å². The first-order valence-corrected chi connectivity index (χ1v) is 6.41. The van der Waals surface area contributed by atoms with Gasteiger partial charge in [-0.05, 0) is 26.0 Å². The Labute approximate surface area is 115 Å². The molecule has 0 aliphatic heterocycles. The van der Waals surface area contributed by atoms with Crippen molar-refractivity contribution in [2.24, 2.45) is 0 Å². The summed E-state index contributed by atoms with van der Waals surface area (Å²) in [5.74, 6) is 0.114. The lowest BCUT2D eigenvalue weighted by Gasteiger charge is -2.17. The number of hydrogen-bond donors (Lipinski definition) is 1. The van der Waals surface area contributed by atoms with Crippen molar-refractivity contribution in [1.82, 2.24) is 4.68 Å². The van der Waals surface area contributed by atoms with Gasteiger partial charge >= 0.3 is 0 Å². The number of para-hydroxylation sites is 1. The molecule has 20 heavy (non-hydrogen) atoms. The molecule has 5 heteroatoms. The van der Waals surface area contributed by atoms with E-state index >= 15 is 0 Å². The molecule has 0 saturated heterocycles. The molecule has 5 nitrogen and oxygen atoms in total. The van der Waals surface area contributed by atoms with Crippen LogP contribution in [0.3, 0.4) is 0 Å². The molecule has 0 spiro atoms. The van der Waals surface area contributed by atoms with Crippen LogP contribution >= 0.6 is 0 Å². The number of benzene rings is 1. The summed E-state index contributed by atoms with van der Waals surface area (Å²) >= 11 is 0. The summed E-state index contributed by atoms with van der Waals surface area (Å²) in [6, 6.07) is 9.68. The fourth-order valence-electron chi connectivity index (χ4n) is 2.12. The van der Waals surface area contributed by atoms with Gasteiger partial charge in [-0.1, -0.05) is 18.2 Å². The van der Waals surface area contributed by atoms with E-state index in [1.165, 1.54) is 0 Å². The van der Waals surface area contributed by atoms with Gasteiger partial charge in [-0.3, -0.25) is 19.7 Å². The SMILES string of the molecule is CC(C)Oc1c(Nn2ccc3ccccc32)c(=O)c1=O. The molecule has 0 saturated carbocycles. The lowest BCUT2D eigenvalue weighted by Crippen LogP contribution is -2.37. The molecule has 0 unspecified atom stereocenters. The van der Waals surface area contributed by atoms with Crippen LogP contribution in [0.1, 0.15) is 13.8 Å². The molecule has 1 N–H and O–H groups in total. The molecule has 3 rings (SSSR count). The first-order valence-electron chi connectivity index (χ1n) is 6.41. The third kappa shape index (κ3) is 1.87. The average Bonchev–Trinajstić information content (AvgIpc) is 2.85. The Bertz CT molecular complexity index is 838. The minimum Gasteiger partial charge on any atom is -0.485 e. The fourth-order valence-corrected chi connectivity index (χ4v) is 2.12. The minimum atomic E-state index is -0.572. The smallest absolute Gasteiger partial charge is 0.272 e. The third-order valence-electron chi connectivity index (χ3n) is 3.05. The van der Waals surface area contributed by atoms with Gasteiger partial charge in [0.05, 0.1) is 11.6 Å². The predicted molar refractivity (Wildman–Crippen MR) is 78.1 cm³/mol. The second kappa shape index (κ2) is 4.52. The van der Waals surface area contributed by atoms with Crippen LogP contribution < -0.4 is 21.0 Å². The third-order valence-corrected chi connectivity index (χ3v) is 3.05. The minimum absolute atomic E-state index is 0.114. The number of fused-ring (bicyclic) bond motifs is 1. The summed E-state index contributed by atoms with van der Waals surface area (Å²) in [5, 5.41) is 1.05. The van der Waals surface area contributed by atoms with Gasteiger partial charge < -0.3 is 4.74 Å². The number of ether oxygens (including phenoxy) is 1. The van der Waals surface area contributed by atoms with Gasteiger partial charge in [0.15, 0.2) is 11.4 Å². The van der Waals surface area contributed by atoms with Crippen LogP contribution in [0.2, 0.25) is 0 Å². The van der Waals surface area contributed by atoms with E-state index in [0.717, 1.165) is 10.9 Å². The molecule has 102 valence electrons. The number of rotatable bonds is 4. The first kappa shape index (κ1) is 12.5. The summed E-state index contributed by atoms with van der Waals surface area (Å²) in [4.78, 5) is 23.2. The van der Waals surface area contributed by atoms with E-state index in [2.05, 4.69) is 5.43 Å². The van der Waals surface area contributed by atoms with Crippen molar-refractivity contribution in [2.75, 3.05) is 5.43 Å². The average molecular weight is 270 g/mol. The monoisotopic (exact) mass is 270 g/mol. The standard InChI is InChI=1S/C15H14N2O3/c1-9(2)20-15-12(13(18)14(15)19)16-17-8-7-10-5-3-4-6-11(10)17/h3-9,16H,1-2H3. The van der Waals surface area contributed by atoms with Crippen molar-refractivity contribution < 1.29 is 4.74 Å². The van der Waals surface area contributed by atoms with Crippen LogP contribution in [0.25, 0.3) is 10.9 Å². The lowest BCUT2D eigenvalue weighted by atomic mass is 10.2. The molecular formula is C15H14N2O3. The van der Waals surface area contributed by atoms with E-state index in [9.17, 15) is 9.59 Å². The Balaban J connectivity index is 1.98. The Kier molecular flexibility index (Phi) is 2.82. The van der Waals surface area contributed by atoms with Gasteiger partial charge in [0.1, 0.15) is 0 Å². The molecule has 0 aliphatic carbocycles. The second-order valence-electron chi connectivity index (χ2n) is 4.89. The molecule has 2 aromatic carbocycles. The maximum atomic E-state index is 11.7. The highest BCUT2D eigenvalue weighted by Gasteiger charge is 2.24. The zero-order chi connectivity index (χ0) is 14.3. The quantitative estimate of drug-likeness (QED) is 0.736. The lowest BCUT2D eigenvalue weighted by molar-refractivity contribution is 0.238. The van der Waals surface area contributed by atoms with Crippen LogP contribution in [0.15, 0.2) is 46.1 Å². The van der Waals surface area contributed by atoms with Crippen LogP contribution in [0.4, 0.5) is 5.69 Å². The maximum absolute atomic E-state index is 11.7. The Morgan fingerprint density at radius 3 is 2.60 bits per heavy atom. The van der Waals surface area contributed by atoms with E-state index in [-0.39, 0.29) is 17.5 Å². The van der Waals surface area contributed by atoms with Crippen molar-refractivity contribution in [2.45, 2.75) is 20.0 Å². The van der Waals surface area contributed by atoms with E-state index < -0.39 is 10.9 Å². The summed E-state index contributed by atoms with van der Waals surface area (Å²) < 4.78 is 7.08. The number of hydrogen-bond acceptors (Lipinski definition) is 4. The molecule has 0 radical (unpaired) electrons. The zero-order valence-corrected chi connectivity index (χ0v) is 11.2. The van der Waals surface area contributed by atoms with Crippen LogP contribution in [0.5, 0.6) is 5.75 Å². The van der Waals surface area contributed by atoms with E-state index in [0.29, 0.717) is 0 Å². The number of nitrogens with zero attached hydrogens (tertiary/aromatic N) is 1. The number of nitrogens with one attached hydrogen (secondary N) is 1. The van der Waals surface area contributed by atoms with Crippen molar-refractivity contribution in [1.29, 1.82) is 0 Å². The molecule has 0 atom stereocenters. The highest BCUT2D eigenvalue weighted by Crippen LogP contribution is 2.21. The Morgan fingerprint density at radius 2 is 1.85 bits per heavy atom. The normalized spacial score (nSPS) is 11.3. The second-order valence-corrected chi connectivity index (χ2v) is 4.89. The maximum Gasteiger partial charge on any atom is 0.272 e. The van der Waals surface area contributed by atoms with E-state index in [1.807, 2.05) is 44.2 Å². The predicted octanol–water partition coefficient (Wildman–Crippen LogP) is 1.90.